The van der Waals surface area contributed by atoms with E-state index in [0.29, 0.717) is 19.3 Å². The Morgan fingerprint density at radius 3 is 0.775 bits per heavy atom. The highest BCUT2D eigenvalue weighted by atomic mass is 16.6. The molecule has 6 nitrogen and oxygen atoms in total. The van der Waals surface area contributed by atoms with Crippen LogP contribution in [-0.4, -0.2) is 37.2 Å². The van der Waals surface area contributed by atoms with Gasteiger partial charge in [-0.15, -0.1) is 0 Å². The van der Waals surface area contributed by atoms with Gasteiger partial charge in [0.2, 0.25) is 0 Å². The fourth-order valence-corrected chi connectivity index (χ4v) is 10.5. The van der Waals surface area contributed by atoms with Gasteiger partial charge in [-0.1, -0.05) is 332 Å². The van der Waals surface area contributed by atoms with Gasteiger partial charge in [0.1, 0.15) is 13.2 Å². The highest BCUT2D eigenvalue weighted by Gasteiger charge is 2.19. The molecule has 1 unspecified atom stereocenters. The predicted octanol–water partition coefficient (Wildman–Crippen LogP) is 24.3. The number of hydrogen-bond acceptors (Lipinski definition) is 6. The van der Waals surface area contributed by atoms with Crippen molar-refractivity contribution < 1.29 is 28.6 Å². The van der Waals surface area contributed by atoms with Crippen LogP contribution in [0.25, 0.3) is 0 Å². The number of ether oxygens (including phenoxy) is 3. The quantitative estimate of drug-likeness (QED) is 0.0261. The molecule has 0 radical (unpaired) electrons. The summed E-state index contributed by atoms with van der Waals surface area (Å²) >= 11 is 0. The first kappa shape index (κ1) is 77.1. The van der Waals surface area contributed by atoms with Crippen LogP contribution in [0.1, 0.15) is 374 Å². The Kier molecular flexibility index (Phi) is 66.1. The van der Waals surface area contributed by atoms with E-state index in [-0.39, 0.29) is 31.1 Å². The van der Waals surface area contributed by atoms with Gasteiger partial charge in [0.05, 0.1) is 0 Å². The second kappa shape index (κ2) is 68.6. The first-order valence-electron chi connectivity index (χ1n) is 35.3. The first-order valence-corrected chi connectivity index (χ1v) is 35.3. The van der Waals surface area contributed by atoms with E-state index in [0.717, 1.165) is 122 Å². The van der Waals surface area contributed by atoms with Crippen LogP contribution in [0.4, 0.5) is 0 Å². The van der Waals surface area contributed by atoms with E-state index in [2.05, 4.69) is 81.5 Å². The summed E-state index contributed by atoms with van der Waals surface area (Å²) < 4.78 is 16.9. The molecule has 0 bridgehead atoms. The van der Waals surface area contributed by atoms with Gasteiger partial charge in [-0.05, 0) is 83.5 Å². The zero-order chi connectivity index (χ0) is 57.8. The monoisotopic (exact) mass is 1120 g/mol. The second-order valence-corrected chi connectivity index (χ2v) is 23.8. The van der Waals surface area contributed by atoms with Crippen molar-refractivity contribution in [3.8, 4) is 0 Å². The average molecular weight is 1120 g/mol. The molecule has 0 aliphatic carbocycles. The molecular formula is C74H134O6. The van der Waals surface area contributed by atoms with E-state index in [1.165, 1.54) is 212 Å². The second-order valence-electron chi connectivity index (χ2n) is 23.8. The van der Waals surface area contributed by atoms with Gasteiger partial charge >= 0.3 is 17.9 Å². The van der Waals surface area contributed by atoms with Gasteiger partial charge < -0.3 is 14.2 Å². The summed E-state index contributed by atoms with van der Waals surface area (Å²) in [6.45, 7) is 6.54. The minimum atomic E-state index is -0.789. The topological polar surface area (TPSA) is 78.9 Å². The number of esters is 3. The fourth-order valence-electron chi connectivity index (χ4n) is 10.5. The maximum Gasteiger partial charge on any atom is 0.306 e. The van der Waals surface area contributed by atoms with Crippen LogP contribution in [0.2, 0.25) is 0 Å². The molecule has 466 valence electrons. The SMILES string of the molecule is CC/C=C\C/C=C\C/C=C\CCCCCCCC(=O)OCC(COC(=O)CCCCCCCCCCCCCCCCCCCCCCCCCCCCCCCCC)OC(=O)CCCCCCC/C=C\C/C=C\CCCCCC. The van der Waals surface area contributed by atoms with Crippen LogP contribution in [0.5, 0.6) is 0 Å². The Labute approximate surface area is 498 Å². The molecule has 0 heterocycles. The summed E-state index contributed by atoms with van der Waals surface area (Å²) in [5.74, 6) is -0.894. The smallest absolute Gasteiger partial charge is 0.306 e. The summed E-state index contributed by atoms with van der Waals surface area (Å²) in [5.41, 5.74) is 0. The highest BCUT2D eigenvalue weighted by molar-refractivity contribution is 5.71. The Bertz CT molecular complexity index is 1430. The molecule has 6 heteroatoms. The number of unbranched alkanes of at least 4 members (excludes halogenated alkanes) is 44. The molecule has 0 aliphatic heterocycles. The van der Waals surface area contributed by atoms with E-state index in [1.807, 2.05) is 0 Å². The molecule has 0 N–H and O–H groups in total. The van der Waals surface area contributed by atoms with Gasteiger partial charge in [-0.3, -0.25) is 14.4 Å². The lowest BCUT2D eigenvalue weighted by molar-refractivity contribution is -0.167. The van der Waals surface area contributed by atoms with Crippen LogP contribution >= 0.6 is 0 Å². The van der Waals surface area contributed by atoms with E-state index in [1.54, 1.807) is 0 Å². The molecule has 0 aromatic carbocycles. The first-order chi connectivity index (χ1) is 39.5. The molecule has 0 spiro atoms. The zero-order valence-corrected chi connectivity index (χ0v) is 53.6. The number of allylic oxidation sites excluding steroid dienone is 10. The number of carbonyl (C=O) groups excluding carboxylic acids is 3. The zero-order valence-electron chi connectivity index (χ0n) is 53.6. The van der Waals surface area contributed by atoms with Crippen LogP contribution in [0, 0.1) is 0 Å². The molecule has 0 amide bonds. The minimum Gasteiger partial charge on any atom is -0.462 e. The normalized spacial score (nSPS) is 12.4. The van der Waals surface area contributed by atoms with Gasteiger partial charge in [-0.2, -0.15) is 0 Å². The molecule has 1 atom stereocenters. The third kappa shape index (κ3) is 65.9. The van der Waals surface area contributed by atoms with Gasteiger partial charge in [0.25, 0.3) is 0 Å². The Hall–Kier alpha value is -2.89. The van der Waals surface area contributed by atoms with E-state index in [4.69, 9.17) is 14.2 Å². The number of carbonyl (C=O) groups is 3. The van der Waals surface area contributed by atoms with E-state index >= 15 is 0 Å². The molecule has 0 saturated carbocycles. The molecule has 0 aromatic rings. The number of rotatable bonds is 65. The Morgan fingerprint density at radius 2 is 0.487 bits per heavy atom. The predicted molar refractivity (Wildman–Crippen MR) is 348 cm³/mol. The maximum atomic E-state index is 12.9. The minimum absolute atomic E-state index is 0.0826. The third-order valence-electron chi connectivity index (χ3n) is 15.8. The molecule has 0 aliphatic rings. The molecule has 80 heavy (non-hydrogen) atoms. The van der Waals surface area contributed by atoms with Crippen molar-refractivity contribution in [2.45, 2.75) is 380 Å². The molecule has 0 fully saturated rings. The van der Waals surface area contributed by atoms with Crippen molar-refractivity contribution in [2.75, 3.05) is 13.2 Å². The average Bonchev–Trinajstić information content (AvgIpc) is 3.46. The van der Waals surface area contributed by atoms with Crippen molar-refractivity contribution in [1.82, 2.24) is 0 Å². The van der Waals surface area contributed by atoms with Gasteiger partial charge in [0, 0.05) is 19.3 Å². The summed E-state index contributed by atoms with van der Waals surface area (Å²) in [5, 5.41) is 0. The van der Waals surface area contributed by atoms with Crippen molar-refractivity contribution >= 4 is 17.9 Å². The van der Waals surface area contributed by atoms with Crippen molar-refractivity contribution in [3.63, 3.8) is 0 Å². The van der Waals surface area contributed by atoms with E-state index in [9.17, 15) is 14.4 Å². The third-order valence-corrected chi connectivity index (χ3v) is 15.8. The summed E-state index contributed by atoms with van der Waals surface area (Å²) in [6, 6.07) is 0. The molecular weight excluding hydrogens is 985 g/mol. The lowest BCUT2D eigenvalue weighted by Gasteiger charge is -2.18. The van der Waals surface area contributed by atoms with Crippen molar-refractivity contribution in [1.29, 1.82) is 0 Å². The van der Waals surface area contributed by atoms with Gasteiger partial charge in [0.15, 0.2) is 6.10 Å². The molecule has 0 saturated heterocycles. The lowest BCUT2D eigenvalue weighted by Crippen LogP contribution is -2.30. The largest absolute Gasteiger partial charge is 0.462 e. The highest BCUT2D eigenvalue weighted by Crippen LogP contribution is 2.18. The Balaban J connectivity index is 4.18. The van der Waals surface area contributed by atoms with Crippen LogP contribution in [-0.2, 0) is 28.6 Å². The summed E-state index contributed by atoms with van der Waals surface area (Å²) in [4.78, 5) is 38.4. The van der Waals surface area contributed by atoms with Crippen molar-refractivity contribution in [2.24, 2.45) is 0 Å². The summed E-state index contributed by atoms with van der Waals surface area (Å²) in [6.07, 6.45) is 88.4. The molecule has 0 rings (SSSR count). The lowest BCUT2D eigenvalue weighted by atomic mass is 10.0. The van der Waals surface area contributed by atoms with E-state index < -0.39 is 6.10 Å². The van der Waals surface area contributed by atoms with Gasteiger partial charge in [-0.25, -0.2) is 0 Å². The van der Waals surface area contributed by atoms with Crippen molar-refractivity contribution in [3.05, 3.63) is 60.8 Å². The van der Waals surface area contributed by atoms with Crippen LogP contribution < -0.4 is 0 Å². The standard InChI is InChI=1S/C74H134O6/c1-4-7-10-13-16-19-22-25-28-30-31-32-33-34-35-36-37-38-39-40-41-42-43-44-47-49-52-55-58-61-64-67-73(76)79-70-71(69-78-72(75)66-63-60-57-54-51-48-45-27-24-21-18-15-12-9-6-3)80-74(77)68-65-62-59-56-53-50-46-29-26-23-20-17-14-11-8-5-2/h9,12,18,20-21,23,27,29,45-46,71H,4-8,10-11,13-17,19,22,24-26,28,30-44,47-70H2,1-3H3/b12-9-,21-18-,23-20-,45-27-,46-29-. The maximum absolute atomic E-state index is 12.9. The van der Waals surface area contributed by atoms with Crippen LogP contribution in [0.3, 0.4) is 0 Å². The summed E-state index contributed by atoms with van der Waals surface area (Å²) in [7, 11) is 0. The van der Waals surface area contributed by atoms with Crippen LogP contribution in [0.15, 0.2) is 60.8 Å². The number of hydrogen-bond donors (Lipinski definition) is 0. The molecule has 0 aromatic heterocycles. The fraction of sp³-hybridized carbons (Fsp3) is 0.824. The Morgan fingerprint density at radius 1 is 0.263 bits per heavy atom.